The lowest BCUT2D eigenvalue weighted by Crippen LogP contribution is -2.32. The average Bonchev–Trinajstić information content (AvgIpc) is 2.56. The summed E-state index contributed by atoms with van der Waals surface area (Å²) in [6.45, 7) is 7.94. The Bertz CT molecular complexity index is 516. The van der Waals surface area contributed by atoms with Crippen LogP contribution >= 0.6 is 11.8 Å². The number of imide groups is 1. The van der Waals surface area contributed by atoms with Gasteiger partial charge in [-0.1, -0.05) is 24.6 Å². The van der Waals surface area contributed by atoms with Crippen molar-refractivity contribution >= 4 is 29.3 Å². The molecule has 0 unspecified atom stereocenters. The van der Waals surface area contributed by atoms with E-state index in [1.807, 2.05) is 39.8 Å². The summed E-state index contributed by atoms with van der Waals surface area (Å²) in [7, 11) is 0. The third-order valence-corrected chi connectivity index (χ3v) is 4.44. The van der Waals surface area contributed by atoms with Crippen molar-refractivity contribution in [3.8, 4) is 0 Å². The van der Waals surface area contributed by atoms with E-state index in [1.54, 1.807) is 11.8 Å². The Kier molecular flexibility index (Phi) is 3.99. The number of hydrogen-bond acceptors (Lipinski definition) is 3. The summed E-state index contributed by atoms with van der Waals surface area (Å²) >= 11 is 1.55. The van der Waals surface area contributed by atoms with E-state index in [2.05, 4.69) is 0 Å². The third kappa shape index (κ3) is 2.54. The van der Waals surface area contributed by atoms with E-state index in [1.165, 1.54) is 4.90 Å². The predicted octanol–water partition coefficient (Wildman–Crippen LogP) is 3.00. The molecule has 102 valence electrons. The van der Waals surface area contributed by atoms with E-state index in [4.69, 9.17) is 0 Å². The summed E-state index contributed by atoms with van der Waals surface area (Å²) in [5, 5.41) is -0.211. The van der Waals surface area contributed by atoms with Gasteiger partial charge in [0, 0.05) is 6.42 Å². The van der Waals surface area contributed by atoms with Crippen LogP contribution in [0.3, 0.4) is 0 Å². The highest BCUT2D eigenvalue weighted by Crippen LogP contribution is 2.34. The fourth-order valence-corrected chi connectivity index (χ4v) is 3.61. The van der Waals surface area contributed by atoms with Gasteiger partial charge in [0.15, 0.2) is 0 Å². The van der Waals surface area contributed by atoms with Crippen molar-refractivity contribution in [2.24, 2.45) is 0 Å². The number of anilines is 1. The molecular formula is C15H19NO2S. The van der Waals surface area contributed by atoms with Gasteiger partial charge in [-0.25, -0.2) is 4.90 Å². The standard InChI is InChI=1S/C15H19NO2S/c1-5-19-12-8-13(17)16(15(12)18)14-10(3)6-9(2)7-11(14)4/h6-7,12H,5,8H2,1-4H3/t12-/m0/s1. The Morgan fingerprint density at radius 1 is 1.21 bits per heavy atom. The smallest absolute Gasteiger partial charge is 0.247 e. The average molecular weight is 277 g/mol. The van der Waals surface area contributed by atoms with Crippen LogP contribution in [0.1, 0.15) is 30.0 Å². The number of benzene rings is 1. The molecule has 1 atom stereocenters. The number of thioether (sulfide) groups is 1. The number of aryl methyl sites for hydroxylation is 3. The van der Waals surface area contributed by atoms with Crippen LogP contribution in [-0.2, 0) is 9.59 Å². The molecule has 0 saturated carbocycles. The molecule has 1 fully saturated rings. The van der Waals surface area contributed by atoms with E-state index >= 15 is 0 Å². The quantitative estimate of drug-likeness (QED) is 0.797. The number of hydrogen-bond donors (Lipinski definition) is 0. The normalized spacial score (nSPS) is 19.4. The maximum atomic E-state index is 12.4. The van der Waals surface area contributed by atoms with Crippen molar-refractivity contribution < 1.29 is 9.59 Å². The Morgan fingerprint density at radius 3 is 2.32 bits per heavy atom. The Balaban J connectivity index is 2.42. The molecule has 1 aliphatic rings. The van der Waals surface area contributed by atoms with Gasteiger partial charge in [0.25, 0.3) is 0 Å². The minimum atomic E-state index is -0.211. The first kappa shape index (κ1) is 14.1. The number of nitrogens with zero attached hydrogens (tertiary/aromatic N) is 1. The van der Waals surface area contributed by atoms with Crippen LogP contribution in [0.25, 0.3) is 0 Å². The van der Waals surface area contributed by atoms with E-state index in [9.17, 15) is 9.59 Å². The number of carbonyl (C=O) groups is 2. The van der Waals surface area contributed by atoms with Gasteiger partial charge in [0.05, 0.1) is 10.9 Å². The number of amides is 2. The lowest BCUT2D eigenvalue weighted by Gasteiger charge is -2.20. The SMILES string of the molecule is CCS[C@H]1CC(=O)N(c2c(C)cc(C)cc2C)C1=O. The van der Waals surface area contributed by atoms with Gasteiger partial charge >= 0.3 is 0 Å². The molecule has 3 nitrogen and oxygen atoms in total. The van der Waals surface area contributed by atoms with Crippen LogP contribution in [-0.4, -0.2) is 22.8 Å². The zero-order chi connectivity index (χ0) is 14.2. The zero-order valence-electron chi connectivity index (χ0n) is 11.8. The van der Waals surface area contributed by atoms with Crippen LogP contribution < -0.4 is 4.90 Å². The van der Waals surface area contributed by atoms with Gasteiger partial charge < -0.3 is 0 Å². The van der Waals surface area contributed by atoms with Gasteiger partial charge in [-0.3, -0.25) is 9.59 Å². The summed E-state index contributed by atoms with van der Waals surface area (Å²) in [5.74, 6) is 0.710. The van der Waals surface area contributed by atoms with Gasteiger partial charge in [-0.15, -0.1) is 11.8 Å². The molecule has 1 aromatic rings. The van der Waals surface area contributed by atoms with E-state index in [0.29, 0.717) is 6.42 Å². The molecule has 1 aliphatic heterocycles. The van der Waals surface area contributed by atoms with Crippen molar-refractivity contribution in [1.29, 1.82) is 0 Å². The first-order valence-corrected chi connectivity index (χ1v) is 7.56. The van der Waals surface area contributed by atoms with Crippen LogP contribution in [0.15, 0.2) is 12.1 Å². The first-order chi connectivity index (χ1) is 8.95. The molecule has 0 aliphatic carbocycles. The van der Waals surface area contributed by atoms with Crippen molar-refractivity contribution in [2.75, 3.05) is 10.7 Å². The topological polar surface area (TPSA) is 37.4 Å². The molecule has 1 saturated heterocycles. The van der Waals surface area contributed by atoms with Crippen LogP contribution in [0, 0.1) is 20.8 Å². The van der Waals surface area contributed by atoms with Gasteiger partial charge in [0.1, 0.15) is 0 Å². The van der Waals surface area contributed by atoms with E-state index in [-0.39, 0.29) is 17.1 Å². The highest BCUT2D eigenvalue weighted by Gasteiger charge is 2.40. The molecule has 0 N–H and O–H groups in total. The minimum Gasteiger partial charge on any atom is -0.274 e. The molecule has 4 heteroatoms. The summed E-state index contributed by atoms with van der Waals surface area (Å²) in [6.07, 6.45) is 0.324. The Labute approximate surface area is 118 Å². The van der Waals surface area contributed by atoms with Gasteiger partial charge in [-0.2, -0.15) is 0 Å². The molecule has 0 bridgehead atoms. The third-order valence-electron chi connectivity index (χ3n) is 3.33. The van der Waals surface area contributed by atoms with Gasteiger partial charge in [0.2, 0.25) is 11.8 Å². The number of carbonyl (C=O) groups excluding carboxylic acids is 2. The molecule has 0 radical (unpaired) electrons. The second-order valence-electron chi connectivity index (χ2n) is 4.96. The van der Waals surface area contributed by atoms with E-state index < -0.39 is 0 Å². The summed E-state index contributed by atoms with van der Waals surface area (Å²) in [5.41, 5.74) is 3.90. The Hall–Kier alpha value is -1.29. The molecule has 2 amide bonds. The minimum absolute atomic E-state index is 0.0631. The number of rotatable bonds is 3. The van der Waals surface area contributed by atoms with Crippen LogP contribution in [0.2, 0.25) is 0 Å². The molecule has 0 aromatic heterocycles. The first-order valence-electron chi connectivity index (χ1n) is 6.52. The highest BCUT2D eigenvalue weighted by molar-refractivity contribution is 8.00. The van der Waals surface area contributed by atoms with Crippen LogP contribution in [0.5, 0.6) is 0 Å². The summed E-state index contributed by atoms with van der Waals surface area (Å²) < 4.78 is 0. The molecule has 1 heterocycles. The highest BCUT2D eigenvalue weighted by atomic mass is 32.2. The molecule has 1 aromatic carbocycles. The maximum Gasteiger partial charge on any atom is 0.247 e. The van der Waals surface area contributed by atoms with E-state index in [0.717, 1.165) is 28.1 Å². The second-order valence-corrected chi connectivity index (χ2v) is 6.44. The zero-order valence-corrected chi connectivity index (χ0v) is 12.6. The van der Waals surface area contributed by atoms with Crippen molar-refractivity contribution in [3.63, 3.8) is 0 Å². The van der Waals surface area contributed by atoms with Crippen molar-refractivity contribution in [2.45, 2.75) is 39.4 Å². The monoisotopic (exact) mass is 277 g/mol. The maximum absolute atomic E-state index is 12.4. The molecular weight excluding hydrogens is 258 g/mol. The molecule has 2 rings (SSSR count). The van der Waals surface area contributed by atoms with Crippen LogP contribution in [0.4, 0.5) is 5.69 Å². The van der Waals surface area contributed by atoms with Crippen molar-refractivity contribution in [3.05, 3.63) is 28.8 Å². The lowest BCUT2D eigenvalue weighted by atomic mass is 10.0. The summed E-state index contributed by atoms with van der Waals surface area (Å²) in [4.78, 5) is 25.9. The lowest BCUT2D eigenvalue weighted by molar-refractivity contribution is -0.121. The molecule has 0 spiro atoms. The fourth-order valence-electron chi connectivity index (χ4n) is 2.70. The summed E-state index contributed by atoms with van der Waals surface area (Å²) in [6, 6.07) is 4.03. The predicted molar refractivity (Wildman–Crippen MR) is 79.7 cm³/mol. The Morgan fingerprint density at radius 2 is 1.79 bits per heavy atom. The largest absolute Gasteiger partial charge is 0.274 e. The molecule has 19 heavy (non-hydrogen) atoms. The second kappa shape index (κ2) is 5.37. The van der Waals surface area contributed by atoms with Gasteiger partial charge in [-0.05, 0) is 37.7 Å². The fraction of sp³-hybridized carbons (Fsp3) is 0.467. The van der Waals surface area contributed by atoms with Crippen molar-refractivity contribution in [1.82, 2.24) is 0 Å².